The van der Waals surface area contributed by atoms with E-state index in [-0.39, 0.29) is 5.82 Å². The Balaban J connectivity index is 1.37. The van der Waals surface area contributed by atoms with E-state index in [4.69, 9.17) is 4.74 Å². The summed E-state index contributed by atoms with van der Waals surface area (Å²) >= 11 is 0. The van der Waals surface area contributed by atoms with Crippen LogP contribution >= 0.6 is 0 Å². The Hall–Kier alpha value is -1.95. The predicted octanol–water partition coefficient (Wildman–Crippen LogP) is 3.85. The van der Waals surface area contributed by atoms with Gasteiger partial charge < -0.3 is 9.84 Å². The SMILES string of the molecule is CC(C)c1ccc(CN2CCN([C@@H](O)CCOc3ccc(F)cc3)CC2)cc1. The lowest BCUT2D eigenvalue weighted by molar-refractivity contribution is -0.0368. The fraction of sp³-hybridized carbons (Fsp3) is 0.478. The first-order valence-electron chi connectivity index (χ1n) is 10.1. The van der Waals surface area contributed by atoms with Gasteiger partial charge in [-0.15, -0.1) is 0 Å². The van der Waals surface area contributed by atoms with E-state index in [9.17, 15) is 9.50 Å². The lowest BCUT2D eigenvalue weighted by Crippen LogP contribution is -2.50. The summed E-state index contributed by atoms with van der Waals surface area (Å²) < 4.78 is 18.5. The van der Waals surface area contributed by atoms with Crippen molar-refractivity contribution >= 4 is 0 Å². The fourth-order valence-electron chi connectivity index (χ4n) is 3.48. The molecule has 0 aromatic heterocycles. The van der Waals surface area contributed by atoms with Gasteiger partial charge in [0.15, 0.2) is 0 Å². The summed E-state index contributed by atoms with van der Waals surface area (Å²) in [6, 6.07) is 14.9. The molecule has 0 radical (unpaired) electrons. The molecule has 3 rings (SSSR count). The van der Waals surface area contributed by atoms with Gasteiger partial charge in [-0.2, -0.15) is 0 Å². The summed E-state index contributed by atoms with van der Waals surface area (Å²) in [4.78, 5) is 4.54. The molecule has 1 saturated heterocycles. The summed E-state index contributed by atoms with van der Waals surface area (Å²) in [7, 11) is 0. The van der Waals surface area contributed by atoms with Gasteiger partial charge in [-0.05, 0) is 41.3 Å². The molecule has 1 heterocycles. The van der Waals surface area contributed by atoms with E-state index in [2.05, 4.69) is 47.9 Å². The summed E-state index contributed by atoms with van der Waals surface area (Å²) in [5.74, 6) is 0.911. The van der Waals surface area contributed by atoms with Crippen molar-refractivity contribution in [2.45, 2.75) is 39.0 Å². The number of aliphatic hydroxyl groups excluding tert-OH is 1. The van der Waals surface area contributed by atoms with E-state index < -0.39 is 6.23 Å². The third-order valence-corrected chi connectivity index (χ3v) is 5.34. The Kier molecular flexibility index (Phi) is 7.43. The van der Waals surface area contributed by atoms with Crippen molar-refractivity contribution in [3.63, 3.8) is 0 Å². The minimum Gasteiger partial charge on any atom is -0.493 e. The smallest absolute Gasteiger partial charge is 0.123 e. The average molecular weight is 387 g/mol. The van der Waals surface area contributed by atoms with Gasteiger partial charge in [0, 0.05) is 39.1 Å². The number of piperazine rings is 1. The molecule has 1 atom stereocenters. The second-order valence-corrected chi connectivity index (χ2v) is 7.78. The van der Waals surface area contributed by atoms with Gasteiger partial charge in [-0.25, -0.2) is 4.39 Å². The zero-order chi connectivity index (χ0) is 19.9. The summed E-state index contributed by atoms with van der Waals surface area (Å²) in [6.45, 7) is 9.38. The Bertz CT molecular complexity index is 710. The monoisotopic (exact) mass is 386 g/mol. The number of hydrogen-bond acceptors (Lipinski definition) is 4. The topological polar surface area (TPSA) is 35.9 Å². The van der Waals surface area contributed by atoms with Gasteiger partial charge in [-0.3, -0.25) is 9.80 Å². The van der Waals surface area contributed by atoms with Crippen molar-refractivity contribution in [2.75, 3.05) is 32.8 Å². The molecule has 0 saturated carbocycles. The third kappa shape index (κ3) is 6.03. The number of halogens is 1. The molecule has 4 nitrogen and oxygen atoms in total. The first kappa shape index (κ1) is 20.8. The van der Waals surface area contributed by atoms with Crippen LogP contribution < -0.4 is 4.74 Å². The quantitative estimate of drug-likeness (QED) is 0.748. The van der Waals surface area contributed by atoms with E-state index >= 15 is 0 Å². The van der Waals surface area contributed by atoms with Crippen LogP contribution in [0.15, 0.2) is 48.5 Å². The first-order valence-corrected chi connectivity index (χ1v) is 10.1. The van der Waals surface area contributed by atoms with E-state index in [1.807, 2.05) is 0 Å². The highest BCUT2D eigenvalue weighted by atomic mass is 19.1. The minimum atomic E-state index is -0.507. The van der Waals surface area contributed by atoms with Crippen LogP contribution in [0.1, 0.15) is 37.3 Å². The minimum absolute atomic E-state index is 0.277. The Morgan fingerprint density at radius 3 is 2.21 bits per heavy atom. The molecule has 28 heavy (non-hydrogen) atoms. The number of hydrogen-bond donors (Lipinski definition) is 1. The fourth-order valence-corrected chi connectivity index (χ4v) is 3.48. The molecular formula is C23H31FN2O2. The molecule has 0 spiro atoms. The van der Waals surface area contributed by atoms with E-state index in [0.717, 1.165) is 32.7 Å². The maximum atomic E-state index is 12.9. The zero-order valence-electron chi connectivity index (χ0n) is 16.9. The molecule has 0 bridgehead atoms. The van der Waals surface area contributed by atoms with Crippen LogP contribution in [0.2, 0.25) is 0 Å². The van der Waals surface area contributed by atoms with Gasteiger partial charge in [0.05, 0.1) is 6.61 Å². The van der Waals surface area contributed by atoms with Crippen LogP contribution in [0, 0.1) is 5.82 Å². The summed E-state index contributed by atoms with van der Waals surface area (Å²) in [6.07, 6.45) is 0.0292. The molecule has 0 amide bonds. The van der Waals surface area contributed by atoms with Crippen LogP contribution in [0.5, 0.6) is 5.75 Å². The van der Waals surface area contributed by atoms with Crippen LogP contribution in [0.3, 0.4) is 0 Å². The summed E-state index contributed by atoms with van der Waals surface area (Å²) in [5, 5.41) is 10.4. The molecule has 0 unspecified atom stereocenters. The number of ether oxygens (including phenoxy) is 1. The molecular weight excluding hydrogens is 355 g/mol. The maximum absolute atomic E-state index is 12.9. The van der Waals surface area contributed by atoms with Crippen molar-refractivity contribution in [1.29, 1.82) is 0 Å². The van der Waals surface area contributed by atoms with Crippen molar-refractivity contribution in [1.82, 2.24) is 9.80 Å². The van der Waals surface area contributed by atoms with Gasteiger partial charge in [0.1, 0.15) is 17.8 Å². The Labute approximate surface area is 167 Å². The Morgan fingerprint density at radius 1 is 0.964 bits per heavy atom. The lowest BCUT2D eigenvalue weighted by atomic mass is 10.0. The largest absolute Gasteiger partial charge is 0.493 e. The van der Waals surface area contributed by atoms with E-state index in [1.54, 1.807) is 12.1 Å². The zero-order valence-corrected chi connectivity index (χ0v) is 16.9. The molecule has 1 aliphatic heterocycles. The highest BCUT2D eigenvalue weighted by Gasteiger charge is 2.22. The van der Waals surface area contributed by atoms with Gasteiger partial charge in [0.2, 0.25) is 0 Å². The standard InChI is InChI=1S/C23H31FN2O2/c1-18(2)20-5-3-19(4-6-20)17-25-12-14-26(15-13-25)23(27)11-16-28-22-9-7-21(24)8-10-22/h3-10,18,23,27H,11-17H2,1-2H3/t23-/m0/s1. The maximum Gasteiger partial charge on any atom is 0.123 e. The molecule has 2 aromatic carbocycles. The average Bonchev–Trinajstić information content (AvgIpc) is 2.70. The molecule has 1 N–H and O–H groups in total. The predicted molar refractivity (Wildman–Crippen MR) is 110 cm³/mol. The molecule has 1 fully saturated rings. The van der Waals surface area contributed by atoms with Crippen molar-refractivity contribution in [3.8, 4) is 5.75 Å². The molecule has 0 aliphatic carbocycles. The van der Waals surface area contributed by atoms with Crippen molar-refractivity contribution in [2.24, 2.45) is 0 Å². The van der Waals surface area contributed by atoms with Gasteiger partial charge >= 0.3 is 0 Å². The normalized spacial score (nSPS) is 17.0. The Morgan fingerprint density at radius 2 is 1.61 bits per heavy atom. The molecule has 1 aliphatic rings. The van der Waals surface area contributed by atoms with Gasteiger partial charge in [0.25, 0.3) is 0 Å². The third-order valence-electron chi connectivity index (χ3n) is 5.34. The van der Waals surface area contributed by atoms with E-state index in [0.29, 0.717) is 24.7 Å². The van der Waals surface area contributed by atoms with Gasteiger partial charge in [-0.1, -0.05) is 38.1 Å². The highest BCUT2D eigenvalue weighted by Crippen LogP contribution is 2.17. The highest BCUT2D eigenvalue weighted by molar-refractivity contribution is 5.24. The van der Waals surface area contributed by atoms with Crippen molar-refractivity contribution in [3.05, 3.63) is 65.5 Å². The van der Waals surface area contributed by atoms with Crippen molar-refractivity contribution < 1.29 is 14.2 Å². The number of aliphatic hydroxyl groups is 1. The molecule has 5 heteroatoms. The number of benzene rings is 2. The first-order chi connectivity index (χ1) is 13.5. The summed E-state index contributed by atoms with van der Waals surface area (Å²) in [5.41, 5.74) is 2.71. The lowest BCUT2D eigenvalue weighted by Gasteiger charge is -2.37. The van der Waals surface area contributed by atoms with Crippen LogP contribution in [0.25, 0.3) is 0 Å². The molecule has 2 aromatic rings. The second kappa shape index (κ2) is 10.0. The molecule has 152 valence electrons. The second-order valence-electron chi connectivity index (χ2n) is 7.78. The number of nitrogens with zero attached hydrogens (tertiary/aromatic N) is 2. The number of rotatable bonds is 8. The van der Waals surface area contributed by atoms with Crippen LogP contribution in [-0.4, -0.2) is 53.9 Å². The van der Waals surface area contributed by atoms with Crippen LogP contribution in [0.4, 0.5) is 4.39 Å². The van der Waals surface area contributed by atoms with Crippen LogP contribution in [-0.2, 0) is 6.54 Å². The van der Waals surface area contributed by atoms with E-state index in [1.165, 1.54) is 23.3 Å².